The molecule has 0 bridgehead atoms. The number of halogens is 1. The van der Waals surface area contributed by atoms with Crippen molar-refractivity contribution in [2.45, 2.75) is 54.4 Å². The Hall–Kier alpha value is -2.33. The molecule has 172 valence electrons. The summed E-state index contributed by atoms with van der Waals surface area (Å²) in [4.78, 5) is 20.5. The number of carbonyl (C=O) groups excluding carboxylic acids is 2. The van der Waals surface area contributed by atoms with Crippen LogP contribution in [-0.4, -0.2) is 30.2 Å². The minimum atomic E-state index is 0.181. The molecule has 0 radical (unpaired) electrons. The van der Waals surface area contributed by atoms with E-state index in [2.05, 4.69) is 41.5 Å². The summed E-state index contributed by atoms with van der Waals surface area (Å²) in [5.41, 5.74) is 1.97. The second-order valence-electron chi connectivity index (χ2n) is 9.56. The fourth-order valence-electron chi connectivity index (χ4n) is 1.95. The third kappa shape index (κ3) is 17.1. The molecule has 0 atom stereocenters. The summed E-state index contributed by atoms with van der Waals surface area (Å²) in [5, 5.41) is 8.74. The molecular formula is C26H37ClO4. The molecule has 1 N–H and O–H groups in total. The lowest BCUT2D eigenvalue weighted by Crippen LogP contribution is -2.11. The Morgan fingerprint density at radius 2 is 1.19 bits per heavy atom. The van der Waals surface area contributed by atoms with Crippen molar-refractivity contribution >= 4 is 24.2 Å². The van der Waals surface area contributed by atoms with Gasteiger partial charge in [-0.25, -0.2) is 0 Å². The van der Waals surface area contributed by atoms with Crippen LogP contribution >= 0.6 is 11.6 Å². The third-order valence-corrected chi connectivity index (χ3v) is 4.20. The first kappa shape index (κ1) is 28.7. The fraction of sp³-hybridized carbons (Fsp3) is 0.462. The van der Waals surface area contributed by atoms with E-state index in [0.717, 1.165) is 37.0 Å². The van der Waals surface area contributed by atoms with E-state index in [1.165, 1.54) is 12.1 Å². The number of rotatable bonds is 6. The third-order valence-electron chi connectivity index (χ3n) is 4.01. The molecule has 0 aliphatic heterocycles. The number of carbonyl (C=O) groups is 2. The van der Waals surface area contributed by atoms with E-state index in [9.17, 15) is 9.59 Å². The van der Waals surface area contributed by atoms with Crippen molar-refractivity contribution < 1.29 is 19.4 Å². The lowest BCUT2D eigenvalue weighted by Gasteiger charge is -2.18. The highest BCUT2D eigenvalue weighted by Gasteiger charge is 2.09. The van der Waals surface area contributed by atoms with E-state index in [1.807, 2.05) is 12.1 Å². The average molecular weight is 449 g/mol. The monoisotopic (exact) mass is 448 g/mol. The Balaban J connectivity index is 0.000000479. The summed E-state index contributed by atoms with van der Waals surface area (Å²) >= 11 is 5.49. The fourth-order valence-corrected chi connectivity index (χ4v) is 2.52. The lowest BCUT2D eigenvalue weighted by molar-refractivity contribution is 0.111. The standard InChI is InChI=1S/C13H18O2.C7H6O2.C6H13Cl/c1-13(2,3)8-9-15-12-6-4-11(10-14)5-7-12;8-5-6-1-3-7(9)4-2-6;1-6(2,3)4-5-7/h4-7,10H,8-9H2,1-3H3;1-5,9H;4-5H2,1-3H3. The highest BCUT2D eigenvalue weighted by atomic mass is 35.5. The molecule has 0 amide bonds. The van der Waals surface area contributed by atoms with Crippen molar-refractivity contribution in [2.24, 2.45) is 10.8 Å². The molecule has 0 aliphatic rings. The molecule has 0 spiro atoms. The lowest BCUT2D eigenvalue weighted by atomic mass is 9.93. The van der Waals surface area contributed by atoms with Crippen LogP contribution < -0.4 is 4.74 Å². The van der Waals surface area contributed by atoms with Crippen LogP contribution in [0.4, 0.5) is 0 Å². The van der Waals surface area contributed by atoms with Crippen molar-refractivity contribution in [3.8, 4) is 11.5 Å². The molecule has 2 rings (SSSR count). The van der Waals surface area contributed by atoms with Crippen LogP contribution in [0.3, 0.4) is 0 Å². The molecule has 0 aromatic heterocycles. The Morgan fingerprint density at radius 3 is 1.52 bits per heavy atom. The Morgan fingerprint density at radius 1 is 0.774 bits per heavy atom. The van der Waals surface area contributed by atoms with Crippen molar-refractivity contribution in [2.75, 3.05) is 12.5 Å². The van der Waals surface area contributed by atoms with E-state index in [-0.39, 0.29) is 5.75 Å². The van der Waals surface area contributed by atoms with Gasteiger partial charge in [-0.1, -0.05) is 41.5 Å². The molecule has 2 aromatic rings. The second-order valence-corrected chi connectivity index (χ2v) is 9.93. The van der Waals surface area contributed by atoms with Gasteiger partial charge in [0.15, 0.2) is 0 Å². The van der Waals surface area contributed by atoms with Crippen molar-refractivity contribution in [3.05, 3.63) is 59.7 Å². The summed E-state index contributed by atoms with van der Waals surface area (Å²) in [6.07, 6.45) is 3.69. The summed E-state index contributed by atoms with van der Waals surface area (Å²) in [6.45, 7) is 13.8. The molecule has 0 aliphatic carbocycles. The van der Waals surface area contributed by atoms with Crippen LogP contribution in [0, 0.1) is 10.8 Å². The molecule has 4 nitrogen and oxygen atoms in total. The predicted molar refractivity (Wildman–Crippen MR) is 130 cm³/mol. The first-order valence-corrected chi connectivity index (χ1v) is 10.9. The van der Waals surface area contributed by atoms with Crippen LogP contribution in [0.15, 0.2) is 48.5 Å². The normalized spacial score (nSPS) is 10.7. The number of phenolic OH excluding ortho intramolecular Hbond substituents is 1. The molecule has 5 heteroatoms. The van der Waals surface area contributed by atoms with Gasteiger partial charge in [-0.05, 0) is 72.2 Å². The Labute approximate surface area is 192 Å². The maximum atomic E-state index is 10.4. The minimum absolute atomic E-state index is 0.181. The number of ether oxygens (including phenoxy) is 1. The Kier molecular flexibility index (Phi) is 13.5. The number of hydrogen-bond donors (Lipinski definition) is 1. The minimum Gasteiger partial charge on any atom is -0.508 e. The van der Waals surface area contributed by atoms with Gasteiger partial charge < -0.3 is 9.84 Å². The maximum Gasteiger partial charge on any atom is 0.150 e. The van der Waals surface area contributed by atoms with Crippen LogP contribution in [0.25, 0.3) is 0 Å². The molecule has 0 heterocycles. The molecule has 0 fully saturated rings. The number of benzene rings is 2. The smallest absolute Gasteiger partial charge is 0.150 e. The van der Waals surface area contributed by atoms with Gasteiger partial charge in [-0.3, -0.25) is 9.59 Å². The van der Waals surface area contributed by atoms with Gasteiger partial charge in [0, 0.05) is 17.0 Å². The number of aldehydes is 2. The molecule has 0 unspecified atom stereocenters. The maximum absolute atomic E-state index is 10.4. The van der Waals surface area contributed by atoms with Crippen LogP contribution in [0.2, 0.25) is 0 Å². The van der Waals surface area contributed by atoms with Crippen molar-refractivity contribution in [1.29, 1.82) is 0 Å². The van der Waals surface area contributed by atoms with E-state index < -0.39 is 0 Å². The van der Waals surface area contributed by atoms with E-state index >= 15 is 0 Å². The molecular weight excluding hydrogens is 412 g/mol. The SMILES string of the molecule is CC(C)(C)CCCl.CC(C)(C)CCOc1ccc(C=O)cc1.O=Cc1ccc(O)cc1. The average Bonchev–Trinajstić information content (AvgIpc) is 2.68. The second kappa shape index (κ2) is 14.6. The largest absolute Gasteiger partial charge is 0.508 e. The summed E-state index contributed by atoms with van der Waals surface area (Å²) in [5.74, 6) is 1.79. The predicted octanol–water partition coefficient (Wildman–Crippen LogP) is 7.18. The zero-order valence-electron chi connectivity index (χ0n) is 19.7. The van der Waals surface area contributed by atoms with Crippen LogP contribution in [0.1, 0.15) is 75.1 Å². The number of phenols is 1. The van der Waals surface area contributed by atoms with E-state index in [4.69, 9.17) is 21.4 Å². The van der Waals surface area contributed by atoms with Crippen molar-refractivity contribution in [1.82, 2.24) is 0 Å². The number of hydrogen-bond acceptors (Lipinski definition) is 4. The topological polar surface area (TPSA) is 63.6 Å². The molecule has 0 saturated carbocycles. The van der Waals surface area contributed by atoms with Gasteiger partial charge in [0.05, 0.1) is 6.61 Å². The number of aromatic hydroxyl groups is 1. The van der Waals surface area contributed by atoms with Gasteiger partial charge >= 0.3 is 0 Å². The summed E-state index contributed by atoms with van der Waals surface area (Å²) in [7, 11) is 0. The zero-order valence-corrected chi connectivity index (χ0v) is 20.4. The first-order valence-electron chi connectivity index (χ1n) is 10.4. The quantitative estimate of drug-likeness (QED) is 0.375. The highest BCUT2D eigenvalue weighted by Crippen LogP contribution is 2.20. The molecule has 31 heavy (non-hydrogen) atoms. The van der Waals surface area contributed by atoms with Gasteiger partial charge in [0.2, 0.25) is 0 Å². The molecule has 2 aromatic carbocycles. The van der Waals surface area contributed by atoms with Crippen LogP contribution in [0.5, 0.6) is 11.5 Å². The van der Waals surface area contributed by atoms with Gasteiger partial charge in [-0.2, -0.15) is 0 Å². The van der Waals surface area contributed by atoms with Gasteiger partial charge in [-0.15, -0.1) is 11.6 Å². The zero-order chi connectivity index (χ0) is 23.9. The summed E-state index contributed by atoms with van der Waals surface area (Å²) in [6, 6.07) is 13.2. The van der Waals surface area contributed by atoms with Gasteiger partial charge in [0.1, 0.15) is 24.1 Å². The molecule has 0 saturated heterocycles. The van der Waals surface area contributed by atoms with Crippen molar-refractivity contribution in [3.63, 3.8) is 0 Å². The first-order chi connectivity index (χ1) is 14.4. The number of alkyl halides is 1. The summed E-state index contributed by atoms with van der Waals surface area (Å²) < 4.78 is 5.57. The van der Waals surface area contributed by atoms with E-state index in [0.29, 0.717) is 28.6 Å². The van der Waals surface area contributed by atoms with Gasteiger partial charge in [0.25, 0.3) is 0 Å². The Bertz CT molecular complexity index is 739. The highest BCUT2D eigenvalue weighted by molar-refractivity contribution is 6.17. The van der Waals surface area contributed by atoms with Crippen LogP contribution in [-0.2, 0) is 0 Å². The van der Waals surface area contributed by atoms with E-state index in [1.54, 1.807) is 24.3 Å².